The third-order valence-electron chi connectivity index (χ3n) is 5.48. The Morgan fingerprint density at radius 3 is 1.81 bits per heavy atom. The molecule has 3 aromatic carbocycles. The molecule has 0 aliphatic carbocycles. The van der Waals surface area contributed by atoms with E-state index in [0.717, 1.165) is 17.2 Å². The van der Waals surface area contributed by atoms with Crippen LogP contribution < -0.4 is 10.6 Å². The lowest BCUT2D eigenvalue weighted by molar-refractivity contribution is -0.137. The van der Waals surface area contributed by atoms with Crippen LogP contribution in [-0.4, -0.2) is 10.1 Å². The summed E-state index contributed by atoms with van der Waals surface area (Å²) in [6, 6.07) is 19.9. The highest BCUT2D eigenvalue weighted by Gasteiger charge is 2.33. The van der Waals surface area contributed by atoms with Gasteiger partial charge in [0.2, 0.25) is 0 Å². The van der Waals surface area contributed by atoms with Gasteiger partial charge in [0.25, 0.3) is 0 Å². The van der Waals surface area contributed by atoms with E-state index in [1.807, 2.05) is 62.4 Å². The number of hydrogen-bond acceptors (Lipinski definition) is 6. The van der Waals surface area contributed by atoms with Crippen LogP contribution in [0, 0.1) is 20.8 Å². The number of hydrogen-bond donors (Lipinski definition) is 3. The molecule has 0 saturated heterocycles. The van der Waals surface area contributed by atoms with E-state index >= 15 is 0 Å². The molecule has 9 heteroatoms. The number of nitrogens with one attached hydrogen (secondary N) is 2. The quantitative estimate of drug-likeness (QED) is 0.236. The molecule has 0 aliphatic heterocycles. The van der Waals surface area contributed by atoms with Crippen molar-refractivity contribution in [3.63, 3.8) is 0 Å². The summed E-state index contributed by atoms with van der Waals surface area (Å²) in [6.07, 6.45) is -4.59. The molecular weight excluding hydrogens is 467 g/mol. The predicted molar refractivity (Wildman–Crippen MR) is 135 cm³/mol. The number of azo groups is 1. The molecule has 1 heterocycles. The number of rotatable bonds is 6. The van der Waals surface area contributed by atoms with E-state index in [-0.39, 0.29) is 28.8 Å². The monoisotopic (exact) mass is 491 g/mol. The Bertz CT molecular complexity index is 1400. The third kappa shape index (κ3) is 5.63. The molecule has 184 valence electrons. The number of halogens is 3. The van der Waals surface area contributed by atoms with E-state index < -0.39 is 11.7 Å². The van der Waals surface area contributed by atoms with Gasteiger partial charge < -0.3 is 15.7 Å². The maximum absolute atomic E-state index is 13.4. The van der Waals surface area contributed by atoms with Gasteiger partial charge in [0, 0.05) is 16.9 Å². The van der Waals surface area contributed by atoms with Crippen molar-refractivity contribution in [1.29, 1.82) is 0 Å². The van der Waals surface area contributed by atoms with E-state index in [2.05, 4.69) is 25.8 Å². The second-order valence-electron chi connectivity index (χ2n) is 8.33. The SMILES string of the molecule is Cc1ccc(Nc2nc(Nc3ccc(C)cc3)c(/N=N/c3ccccc3C(F)(F)F)c(C)c2O)cc1. The van der Waals surface area contributed by atoms with Crippen LogP contribution in [0.3, 0.4) is 0 Å². The fourth-order valence-corrected chi connectivity index (χ4v) is 3.43. The molecule has 0 unspecified atom stereocenters. The Balaban J connectivity index is 1.79. The maximum atomic E-state index is 13.4. The van der Waals surface area contributed by atoms with Gasteiger partial charge in [-0.2, -0.15) is 13.2 Å². The molecule has 0 amide bonds. The number of anilines is 4. The molecule has 0 radical (unpaired) electrons. The summed E-state index contributed by atoms with van der Waals surface area (Å²) in [5.74, 6) is 0.195. The first kappa shape index (κ1) is 24.7. The molecule has 0 spiro atoms. The van der Waals surface area contributed by atoms with Gasteiger partial charge in [0.1, 0.15) is 5.69 Å². The summed E-state index contributed by atoms with van der Waals surface area (Å²) < 4.78 is 40.3. The van der Waals surface area contributed by atoms with Gasteiger partial charge in [0.15, 0.2) is 17.4 Å². The summed E-state index contributed by atoms with van der Waals surface area (Å²) in [6.45, 7) is 5.51. The molecule has 0 bridgehead atoms. The van der Waals surface area contributed by atoms with Gasteiger partial charge in [0.05, 0.1) is 11.3 Å². The summed E-state index contributed by atoms with van der Waals surface area (Å²) in [5, 5.41) is 25.1. The molecule has 3 N–H and O–H groups in total. The molecule has 4 rings (SSSR count). The van der Waals surface area contributed by atoms with Crippen molar-refractivity contribution >= 4 is 34.4 Å². The molecule has 0 fully saturated rings. The summed E-state index contributed by atoms with van der Waals surface area (Å²) in [5.41, 5.74) is 2.68. The van der Waals surface area contributed by atoms with Crippen molar-refractivity contribution in [1.82, 2.24) is 4.98 Å². The van der Waals surface area contributed by atoms with Crippen LogP contribution in [0.5, 0.6) is 5.75 Å². The van der Waals surface area contributed by atoms with Crippen LogP contribution in [0.1, 0.15) is 22.3 Å². The van der Waals surface area contributed by atoms with Crippen LogP contribution in [0.4, 0.5) is 47.6 Å². The first-order chi connectivity index (χ1) is 17.1. The van der Waals surface area contributed by atoms with Crippen molar-refractivity contribution < 1.29 is 18.3 Å². The van der Waals surface area contributed by atoms with Crippen LogP contribution in [-0.2, 0) is 6.18 Å². The summed E-state index contributed by atoms with van der Waals surface area (Å²) >= 11 is 0. The second kappa shape index (κ2) is 10.1. The Morgan fingerprint density at radius 2 is 1.25 bits per heavy atom. The highest BCUT2D eigenvalue weighted by Crippen LogP contribution is 2.42. The molecule has 4 aromatic rings. The molecule has 36 heavy (non-hydrogen) atoms. The number of aryl methyl sites for hydroxylation is 2. The van der Waals surface area contributed by atoms with Gasteiger partial charge >= 0.3 is 6.18 Å². The zero-order chi connectivity index (χ0) is 25.9. The number of nitrogens with zero attached hydrogens (tertiary/aromatic N) is 3. The Morgan fingerprint density at radius 1 is 0.722 bits per heavy atom. The smallest absolute Gasteiger partial charge is 0.418 e. The van der Waals surface area contributed by atoms with E-state index in [9.17, 15) is 18.3 Å². The van der Waals surface area contributed by atoms with Crippen LogP contribution in [0.25, 0.3) is 0 Å². The Kier molecular flexibility index (Phi) is 6.91. The van der Waals surface area contributed by atoms with E-state index in [1.54, 1.807) is 6.92 Å². The molecule has 6 nitrogen and oxygen atoms in total. The largest absolute Gasteiger partial charge is 0.504 e. The third-order valence-corrected chi connectivity index (χ3v) is 5.48. The van der Waals surface area contributed by atoms with Crippen molar-refractivity contribution in [2.75, 3.05) is 10.6 Å². The van der Waals surface area contributed by atoms with Gasteiger partial charge in [-0.25, -0.2) is 4.98 Å². The van der Waals surface area contributed by atoms with Crippen molar-refractivity contribution in [2.24, 2.45) is 10.2 Å². The van der Waals surface area contributed by atoms with E-state index in [0.29, 0.717) is 16.9 Å². The Labute approximate surface area is 206 Å². The predicted octanol–water partition coefficient (Wildman–Crippen LogP) is 8.63. The average Bonchev–Trinajstić information content (AvgIpc) is 2.84. The van der Waals surface area contributed by atoms with Crippen LogP contribution >= 0.6 is 0 Å². The van der Waals surface area contributed by atoms with Crippen LogP contribution in [0.2, 0.25) is 0 Å². The second-order valence-corrected chi connectivity index (χ2v) is 8.33. The number of pyridine rings is 1. The number of alkyl halides is 3. The molecule has 0 atom stereocenters. The molecular formula is C27H24F3N5O. The lowest BCUT2D eigenvalue weighted by atomic mass is 10.1. The number of aromatic hydroxyl groups is 1. The highest BCUT2D eigenvalue weighted by atomic mass is 19.4. The first-order valence-corrected chi connectivity index (χ1v) is 11.1. The van der Waals surface area contributed by atoms with E-state index in [4.69, 9.17) is 0 Å². The van der Waals surface area contributed by atoms with Crippen LogP contribution in [0.15, 0.2) is 83.0 Å². The Hall–Kier alpha value is -4.40. The fourth-order valence-electron chi connectivity index (χ4n) is 3.43. The topological polar surface area (TPSA) is 81.9 Å². The average molecular weight is 492 g/mol. The lowest BCUT2D eigenvalue weighted by Gasteiger charge is -2.16. The number of benzene rings is 3. The highest BCUT2D eigenvalue weighted by molar-refractivity contribution is 5.79. The first-order valence-electron chi connectivity index (χ1n) is 11.1. The number of aromatic nitrogens is 1. The van der Waals surface area contributed by atoms with Gasteiger partial charge in [-0.15, -0.1) is 10.2 Å². The minimum Gasteiger partial charge on any atom is -0.504 e. The van der Waals surface area contributed by atoms with Crippen molar-refractivity contribution in [3.8, 4) is 5.75 Å². The maximum Gasteiger partial charge on any atom is 0.418 e. The van der Waals surface area contributed by atoms with Gasteiger partial charge in [-0.1, -0.05) is 47.5 Å². The summed E-state index contributed by atoms with van der Waals surface area (Å²) in [7, 11) is 0. The standard InChI is InChI=1S/C27H24F3N5O/c1-16-8-12-19(13-9-16)31-25-23(35-34-22-7-5-4-6-21(22)27(28,29)30)18(3)24(36)26(33-25)32-20-14-10-17(2)11-15-20/h4-15,36H,1-3H3,(H2,31,32,33)/b35-34+. The fraction of sp³-hybridized carbons (Fsp3) is 0.148. The normalized spacial score (nSPS) is 11.6. The molecule has 1 aromatic heterocycles. The van der Waals surface area contributed by atoms with Crippen molar-refractivity contribution in [3.05, 3.63) is 95.1 Å². The van der Waals surface area contributed by atoms with E-state index in [1.165, 1.54) is 18.2 Å². The summed E-state index contributed by atoms with van der Waals surface area (Å²) in [4.78, 5) is 4.50. The minimum atomic E-state index is -4.59. The lowest BCUT2D eigenvalue weighted by Crippen LogP contribution is -2.04. The molecule has 0 aliphatic rings. The zero-order valence-electron chi connectivity index (χ0n) is 19.9. The van der Waals surface area contributed by atoms with Crippen molar-refractivity contribution in [2.45, 2.75) is 26.9 Å². The van der Waals surface area contributed by atoms with Gasteiger partial charge in [-0.05, 0) is 57.2 Å². The minimum absolute atomic E-state index is 0.111. The zero-order valence-corrected chi connectivity index (χ0v) is 19.9. The molecule has 0 saturated carbocycles. The van der Waals surface area contributed by atoms with Gasteiger partial charge in [-0.3, -0.25) is 0 Å².